The molecule has 0 atom stereocenters. The van der Waals surface area contributed by atoms with E-state index in [0.717, 1.165) is 0 Å². The van der Waals surface area contributed by atoms with Crippen molar-refractivity contribution in [1.29, 1.82) is 0 Å². The number of nitrogens with one attached hydrogen (secondary N) is 1. The van der Waals surface area contributed by atoms with E-state index in [2.05, 4.69) is 15.3 Å². The smallest absolute Gasteiger partial charge is 0.253 e. The standard InChI is InChI=1S/C14H15N3O3S/c18-14(17-10-4-8-21(19,20)9-5-10)11-2-1-3-12-13(11)16-7-6-15-12/h1-3,6-7,10H,4-5,8-9H2,(H,17,18). The summed E-state index contributed by atoms with van der Waals surface area (Å²) in [4.78, 5) is 20.7. The molecule has 6 nitrogen and oxygen atoms in total. The number of amides is 1. The predicted molar refractivity (Wildman–Crippen MR) is 78.7 cm³/mol. The summed E-state index contributed by atoms with van der Waals surface area (Å²) in [7, 11) is -2.92. The zero-order valence-corrected chi connectivity index (χ0v) is 12.1. The van der Waals surface area contributed by atoms with E-state index in [-0.39, 0.29) is 23.5 Å². The number of nitrogens with zero attached hydrogens (tertiary/aromatic N) is 2. The fourth-order valence-electron chi connectivity index (χ4n) is 2.47. The minimum Gasteiger partial charge on any atom is -0.349 e. The van der Waals surface area contributed by atoms with Gasteiger partial charge in [0.15, 0.2) is 0 Å². The van der Waals surface area contributed by atoms with Crippen molar-refractivity contribution in [1.82, 2.24) is 15.3 Å². The number of rotatable bonds is 2. The minimum atomic E-state index is -2.92. The summed E-state index contributed by atoms with van der Waals surface area (Å²) in [6.07, 6.45) is 4.05. The van der Waals surface area contributed by atoms with Crippen molar-refractivity contribution >= 4 is 26.8 Å². The summed E-state index contributed by atoms with van der Waals surface area (Å²) >= 11 is 0. The van der Waals surface area contributed by atoms with Crippen LogP contribution < -0.4 is 5.32 Å². The molecule has 1 aliphatic heterocycles. The van der Waals surface area contributed by atoms with Crippen molar-refractivity contribution in [3.63, 3.8) is 0 Å². The molecule has 21 heavy (non-hydrogen) atoms. The van der Waals surface area contributed by atoms with E-state index in [1.807, 2.05) is 0 Å². The van der Waals surface area contributed by atoms with Gasteiger partial charge in [-0.25, -0.2) is 8.42 Å². The monoisotopic (exact) mass is 305 g/mol. The van der Waals surface area contributed by atoms with Gasteiger partial charge in [-0.1, -0.05) is 6.07 Å². The van der Waals surface area contributed by atoms with Gasteiger partial charge in [0.05, 0.1) is 22.6 Å². The van der Waals surface area contributed by atoms with Crippen LogP contribution in [0.4, 0.5) is 0 Å². The van der Waals surface area contributed by atoms with Crippen molar-refractivity contribution < 1.29 is 13.2 Å². The van der Waals surface area contributed by atoms with Gasteiger partial charge in [-0.2, -0.15) is 0 Å². The molecule has 1 aliphatic rings. The number of benzene rings is 1. The topological polar surface area (TPSA) is 89.0 Å². The summed E-state index contributed by atoms with van der Waals surface area (Å²) in [5, 5.41) is 2.89. The Hall–Kier alpha value is -2.02. The Morgan fingerprint density at radius 2 is 1.86 bits per heavy atom. The van der Waals surface area contributed by atoms with E-state index >= 15 is 0 Å². The molecular weight excluding hydrogens is 290 g/mol. The lowest BCUT2D eigenvalue weighted by atomic mass is 10.1. The molecule has 2 heterocycles. The normalized spacial score (nSPS) is 18.5. The highest BCUT2D eigenvalue weighted by Gasteiger charge is 2.25. The Kier molecular flexibility index (Phi) is 3.59. The molecular formula is C14H15N3O3S. The lowest BCUT2D eigenvalue weighted by molar-refractivity contribution is 0.0935. The van der Waals surface area contributed by atoms with Gasteiger partial charge in [0, 0.05) is 18.4 Å². The van der Waals surface area contributed by atoms with Crippen LogP contribution in [0, 0.1) is 0 Å². The number of carbonyl (C=O) groups is 1. The van der Waals surface area contributed by atoms with Crippen LogP contribution in [0.3, 0.4) is 0 Å². The van der Waals surface area contributed by atoms with Gasteiger partial charge in [0.2, 0.25) is 0 Å². The van der Waals surface area contributed by atoms with E-state index in [1.165, 1.54) is 0 Å². The molecule has 0 saturated carbocycles. The van der Waals surface area contributed by atoms with Crippen LogP contribution in [0.25, 0.3) is 11.0 Å². The summed E-state index contributed by atoms with van der Waals surface area (Å²) in [6, 6.07) is 5.16. The average Bonchev–Trinajstić information content (AvgIpc) is 2.49. The van der Waals surface area contributed by atoms with E-state index in [0.29, 0.717) is 29.4 Å². The Morgan fingerprint density at radius 1 is 1.14 bits per heavy atom. The van der Waals surface area contributed by atoms with Crippen molar-refractivity contribution in [2.45, 2.75) is 18.9 Å². The van der Waals surface area contributed by atoms with E-state index < -0.39 is 9.84 Å². The highest BCUT2D eigenvalue weighted by Crippen LogP contribution is 2.16. The van der Waals surface area contributed by atoms with Gasteiger partial charge in [-0.05, 0) is 25.0 Å². The zero-order valence-electron chi connectivity index (χ0n) is 11.3. The molecule has 110 valence electrons. The molecule has 1 saturated heterocycles. The Labute approximate surface area is 122 Å². The molecule has 0 bridgehead atoms. The van der Waals surface area contributed by atoms with Crippen LogP contribution in [-0.4, -0.2) is 41.8 Å². The van der Waals surface area contributed by atoms with Crippen molar-refractivity contribution in [3.05, 3.63) is 36.2 Å². The SMILES string of the molecule is O=C(NC1CCS(=O)(=O)CC1)c1cccc2nccnc12. The molecule has 0 aliphatic carbocycles. The second kappa shape index (κ2) is 5.40. The van der Waals surface area contributed by atoms with Gasteiger partial charge in [0.25, 0.3) is 5.91 Å². The maximum atomic E-state index is 12.4. The van der Waals surface area contributed by atoms with E-state index in [4.69, 9.17) is 0 Å². The molecule has 0 unspecified atom stereocenters. The van der Waals surface area contributed by atoms with E-state index in [9.17, 15) is 13.2 Å². The van der Waals surface area contributed by atoms with Crippen LogP contribution in [0.1, 0.15) is 23.2 Å². The van der Waals surface area contributed by atoms with Gasteiger partial charge < -0.3 is 5.32 Å². The van der Waals surface area contributed by atoms with Crippen molar-refractivity contribution in [2.75, 3.05) is 11.5 Å². The van der Waals surface area contributed by atoms with Crippen LogP contribution in [0.5, 0.6) is 0 Å². The first kappa shape index (κ1) is 13.9. The summed E-state index contributed by atoms with van der Waals surface area (Å²) in [6.45, 7) is 0. The molecule has 1 fully saturated rings. The first-order chi connectivity index (χ1) is 10.1. The van der Waals surface area contributed by atoms with Gasteiger partial charge in [-0.3, -0.25) is 14.8 Å². The zero-order chi connectivity index (χ0) is 14.9. The molecule has 1 N–H and O–H groups in total. The average molecular weight is 305 g/mol. The quantitative estimate of drug-likeness (QED) is 0.892. The Morgan fingerprint density at radius 3 is 2.62 bits per heavy atom. The van der Waals surface area contributed by atoms with Gasteiger partial charge in [-0.15, -0.1) is 0 Å². The predicted octanol–water partition coefficient (Wildman–Crippen LogP) is 0.937. The second-order valence-electron chi connectivity index (χ2n) is 5.13. The molecule has 0 radical (unpaired) electrons. The first-order valence-corrected chi connectivity index (χ1v) is 8.58. The third-order valence-corrected chi connectivity index (χ3v) is 5.35. The Balaban J connectivity index is 1.79. The number of hydrogen-bond donors (Lipinski definition) is 1. The number of fused-ring (bicyclic) bond motifs is 1. The number of carbonyl (C=O) groups excluding carboxylic acids is 1. The number of hydrogen-bond acceptors (Lipinski definition) is 5. The minimum absolute atomic E-state index is 0.104. The van der Waals surface area contributed by atoms with Gasteiger partial charge in [0.1, 0.15) is 15.4 Å². The van der Waals surface area contributed by atoms with Crippen molar-refractivity contribution in [2.24, 2.45) is 0 Å². The fraction of sp³-hybridized carbons (Fsp3) is 0.357. The number of sulfone groups is 1. The number of aromatic nitrogens is 2. The maximum absolute atomic E-state index is 12.4. The summed E-state index contributed by atoms with van der Waals surface area (Å²) in [5.41, 5.74) is 1.69. The third-order valence-electron chi connectivity index (χ3n) is 3.63. The molecule has 2 aromatic rings. The molecule has 1 amide bonds. The molecule has 1 aromatic heterocycles. The molecule has 0 spiro atoms. The molecule has 3 rings (SSSR count). The Bertz CT molecular complexity index is 770. The summed E-state index contributed by atoms with van der Waals surface area (Å²) < 4.78 is 22.8. The third kappa shape index (κ3) is 3.02. The highest BCUT2D eigenvalue weighted by molar-refractivity contribution is 7.91. The van der Waals surface area contributed by atoms with Crippen molar-refractivity contribution in [3.8, 4) is 0 Å². The lowest BCUT2D eigenvalue weighted by Gasteiger charge is -2.23. The van der Waals surface area contributed by atoms with Crippen LogP contribution in [-0.2, 0) is 9.84 Å². The first-order valence-electron chi connectivity index (χ1n) is 6.76. The number of para-hydroxylation sites is 1. The summed E-state index contributed by atoms with van der Waals surface area (Å²) in [5.74, 6) is 0.0334. The molecule has 7 heteroatoms. The molecule has 1 aromatic carbocycles. The lowest BCUT2D eigenvalue weighted by Crippen LogP contribution is -2.40. The largest absolute Gasteiger partial charge is 0.349 e. The van der Waals surface area contributed by atoms with Crippen LogP contribution in [0.15, 0.2) is 30.6 Å². The van der Waals surface area contributed by atoms with Crippen LogP contribution in [0.2, 0.25) is 0 Å². The fourth-order valence-corrected chi connectivity index (χ4v) is 3.96. The maximum Gasteiger partial charge on any atom is 0.253 e. The van der Waals surface area contributed by atoms with Crippen LogP contribution >= 0.6 is 0 Å². The second-order valence-corrected chi connectivity index (χ2v) is 7.43. The van der Waals surface area contributed by atoms with Gasteiger partial charge >= 0.3 is 0 Å². The van der Waals surface area contributed by atoms with E-state index in [1.54, 1.807) is 30.6 Å². The highest BCUT2D eigenvalue weighted by atomic mass is 32.2.